The Kier molecular flexibility index (Phi) is 3.86. The van der Waals surface area contributed by atoms with Gasteiger partial charge in [0.1, 0.15) is 0 Å². The Morgan fingerprint density at radius 2 is 2.00 bits per heavy atom. The van der Waals surface area contributed by atoms with Gasteiger partial charge in [-0.1, -0.05) is 6.07 Å². The lowest BCUT2D eigenvalue weighted by Crippen LogP contribution is -2.12. The summed E-state index contributed by atoms with van der Waals surface area (Å²) in [4.78, 5) is 10.0. The van der Waals surface area contributed by atoms with Crippen LogP contribution in [0.2, 0.25) is 0 Å². The van der Waals surface area contributed by atoms with Crippen molar-refractivity contribution in [2.45, 2.75) is 33.9 Å². The molecule has 0 unspecified atom stereocenters. The summed E-state index contributed by atoms with van der Waals surface area (Å²) in [6.45, 7) is 7.84. The fraction of sp³-hybridized carbons (Fsp3) is 0.385. The summed E-state index contributed by atoms with van der Waals surface area (Å²) in [6.07, 6.45) is 1.92. The second kappa shape index (κ2) is 5.38. The van der Waals surface area contributed by atoms with Crippen LogP contribution in [0.25, 0.3) is 0 Å². The van der Waals surface area contributed by atoms with Crippen molar-refractivity contribution in [3.8, 4) is 0 Å². The van der Waals surface area contributed by atoms with Gasteiger partial charge in [-0.3, -0.25) is 4.98 Å². The van der Waals surface area contributed by atoms with Crippen LogP contribution < -0.4 is 5.32 Å². The molecule has 0 saturated carbocycles. The average molecular weight is 247 g/mol. The van der Waals surface area contributed by atoms with Crippen molar-refractivity contribution >= 4 is 11.3 Å². The maximum absolute atomic E-state index is 4.41. The Labute approximate surface area is 106 Å². The molecule has 2 aromatic heterocycles. The fourth-order valence-electron chi connectivity index (χ4n) is 1.66. The first kappa shape index (κ1) is 12.2. The molecule has 90 valence electrons. The van der Waals surface area contributed by atoms with E-state index in [2.05, 4.69) is 28.3 Å². The Morgan fingerprint density at radius 3 is 2.59 bits per heavy atom. The second-order valence-electron chi connectivity index (χ2n) is 4.15. The molecular formula is C13H17N3S. The van der Waals surface area contributed by atoms with Crippen molar-refractivity contribution in [3.63, 3.8) is 0 Å². The molecule has 0 aliphatic heterocycles. The van der Waals surface area contributed by atoms with Crippen LogP contribution in [0.15, 0.2) is 18.3 Å². The van der Waals surface area contributed by atoms with Crippen LogP contribution >= 0.6 is 11.3 Å². The number of thiazole rings is 1. The Hall–Kier alpha value is -1.26. The summed E-state index contributed by atoms with van der Waals surface area (Å²) in [7, 11) is 0. The predicted molar refractivity (Wildman–Crippen MR) is 71.1 cm³/mol. The zero-order chi connectivity index (χ0) is 12.3. The molecule has 0 spiro atoms. The van der Waals surface area contributed by atoms with Gasteiger partial charge in [-0.2, -0.15) is 0 Å². The second-order valence-corrected chi connectivity index (χ2v) is 5.44. The summed E-state index contributed by atoms with van der Waals surface area (Å²) in [6, 6.07) is 4.15. The molecule has 1 N–H and O–H groups in total. The quantitative estimate of drug-likeness (QED) is 0.902. The maximum atomic E-state index is 4.41. The van der Waals surface area contributed by atoms with Crippen LogP contribution in [-0.4, -0.2) is 9.97 Å². The smallest absolute Gasteiger partial charge is 0.0900 e. The largest absolute Gasteiger partial charge is 0.308 e. The van der Waals surface area contributed by atoms with E-state index in [0.717, 1.165) is 29.5 Å². The molecule has 0 saturated heterocycles. The van der Waals surface area contributed by atoms with Gasteiger partial charge in [0, 0.05) is 29.9 Å². The first-order valence-corrected chi connectivity index (χ1v) is 6.52. The normalized spacial score (nSPS) is 10.8. The van der Waals surface area contributed by atoms with Crippen LogP contribution in [0.1, 0.15) is 26.8 Å². The number of nitrogens with zero attached hydrogens (tertiary/aromatic N) is 2. The van der Waals surface area contributed by atoms with Gasteiger partial charge in [-0.15, -0.1) is 11.3 Å². The van der Waals surface area contributed by atoms with Gasteiger partial charge in [0.15, 0.2) is 0 Å². The summed E-state index contributed by atoms with van der Waals surface area (Å²) in [5, 5.41) is 4.56. The number of hydrogen-bond donors (Lipinski definition) is 1. The van der Waals surface area contributed by atoms with E-state index in [1.165, 1.54) is 10.4 Å². The lowest BCUT2D eigenvalue weighted by atomic mass is 10.2. The summed E-state index contributed by atoms with van der Waals surface area (Å²) < 4.78 is 0. The first-order chi connectivity index (χ1) is 8.15. The molecule has 17 heavy (non-hydrogen) atoms. The molecule has 0 fully saturated rings. The molecule has 0 radical (unpaired) electrons. The van der Waals surface area contributed by atoms with Crippen molar-refractivity contribution in [3.05, 3.63) is 45.2 Å². The Balaban J connectivity index is 1.87. The number of nitrogens with one attached hydrogen (secondary N) is 1. The van der Waals surface area contributed by atoms with E-state index in [4.69, 9.17) is 0 Å². The Morgan fingerprint density at radius 1 is 1.18 bits per heavy atom. The third-order valence-corrected chi connectivity index (χ3v) is 3.66. The maximum Gasteiger partial charge on any atom is 0.0900 e. The number of rotatable bonds is 4. The summed E-state index contributed by atoms with van der Waals surface area (Å²) in [5.41, 5.74) is 3.42. The standard InChI is InChI=1S/C13H17N3S/c1-9-4-5-12(7-15-9)6-14-8-13-10(2)16-11(3)17-13/h4-5,7,14H,6,8H2,1-3H3. The molecule has 0 aromatic carbocycles. The van der Waals surface area contributed by atoms with Gasteiger partial charge in [-0.05, 0) is 32.4 Å². The molecular weight excluding hydrogens is 230 g/mol. The molecule has 2 heterocycles. The van der Waals surface area contributed by atoms with Gasteiger partial charge in [0.2, 0.25) is 0 Å². The van der Waals surface area contributed by atoms with Crippen LogP contribution in [0, 0.1) is 20.8 Å². The number of aromatic nitrogens is 2. The predicted octanol–water partition coefficient (Wildman–Crippen LogP) is 2.75. The van der Waals surface area contributed by atoms with Crippen LogP contribution in [0.5, 0.6) is 0 Å². The number of aryl methyl sites for hydroxylation is 3. The minimum Gasteiger partial charge on any atom is -0.308 e. The van der Waals surface area contributed by atoms with Gasteiger partial charge in [-0.25, -0.2) is 4.98 Å². The molecule has 0 aliphatic rings. The zero-order valence-corrected chi connectivity index (χ0v) is 11.3. The van der Waals surface area contributed by atoms with Gasteiger partial charge in [0.05, 0.1) is 10.7 Å². The van der Waals surface area contributed by atoms with E-state index in [9.17, 15) is 0 Å². The van der Waals surface area contributed by atoms with Gasteiger partial charge >= 0.3 is 0 Å². The van der Waals surface area contributed by atoms with Crippen molar-refractivity contribution in [2.75, 3.05) is 0 Å². The van der Waals surface area contributed by atoms with E-state index in [0.29, 0.717) is 0 Å². The molecule has 4 heteroatoms. The molecule has 0 atom stereocenters. The molecule has 2 aromatic rings. The van der Waals surface area contributed by atoms with E-state index >= 15 is 0 Å². The molecule has 0 bridgehead atoms. The van der Waals surface area contributed by atoms with Crippen LogP contribution in [-0.2, 0) is 13.1 Å². The third kappa shape index (κ3) is 3.35. The van der Waals surface area contributed by atoms with Crippen molar-refractivity contribution < 1.29 is 0 Å². The zero-order valence-electron chi connectivity index (χ0n) is 10.4. The van der Waals surface area contributed by atoms with Crippen LogP contribution in [0.4, 0.5) is 0 Å². The van der Waals surface area contributed by atoms with Crippen molar-refractivity contribution in [1.29, 1.82) is 0 Å². The highest BCUT2D eigenvalue weighted by Crippen LogP contribution is 2.16. The highest BCUT2D eigenvalue weighted by molar-refractivity contribution is 7.11. The monoisotopic (exact) mass is 247 g/mol. The van der Waals surface area contributed by atoms with Gasteiger partial charge < -0.3 is 5.32 Å². The summed E-state index contributed by atoms with van der Waals surface area (Å²) >= 11 is 1.76. The number of hydrogen-bond acceptors (Lipinski definition) is 4. The third-order valence-electron chi connectivity index (χ3n) is 2.59. The summed E-state index contributed by atoms with van der Waals surface area (Å²) in [5.74, 6) is 0. The minimum absolute atomic E-state index is 0.851. The minimum atomic E-state index is 0.851. The fourth-order valence-corrected chi connectivity index (χ4v) is 2.57. The Bertz CT molecular complexity index is 488. The van der Waals surface area contributed by atoms with Crippen molar-refractivity contribution in [1.82, 2.24) is 15.3 Å². The van der Waals surface area contributed by atoms with Crippen LogP contribution in [0.3, 0.4) is 0 Å². The lowest BCUT2D eigenvalue weighted by molar-refractivity contribution is 0.694. The van der Waals surface area contributed by atoms with E-state index in [1.807, 2.05) is 26.1 Å². The van der Waals surface area contributed by atoms with Crippen molar-refractivity contribution in [2.24, 2.45) is 0 Å². The van der Waals surface area contributed by atoms with E-state index in [1.54, 1.807) is 11.3 Å². The molecule has 0 amide bonds. The van der Waals surface area contributed by atoms with E-state index in [-0.39, 0.29) is 0 Å². The molecule has 2 rings (SSSR count). The SMILES string of the molecule is Cc1ccc(CNCc2sc(C)nc2C)cn1. The van der Waals surface area contributed by atoms with E-state index < -0.39 is 0 Å². The molecule has 3 nitrogen and oxygen atoms in total. The number of pyridine rings is 1. The topological polar surface area (TPSA) is 37.8 Å². The highest BCUT2D eigenvalue weighted by Gasteiger charge is 2.03. The first-order valence-electron chi connectivity index (χ1n) is 5.70. The average Bonchev–Trinajstić information content (AvgIpc) is 2.60. The van der Waals surface area contributed by atoms with Gasteiger partial charge in [0.25, 0.3) is 0 Å². The lowest BCUT2D eigenvalue weighted by Gasteiger charge is -2.03. The molecule has 0 aliphatic carbocycles. The highest BCUT2D eigenvalue weighted by atomic mass is 32.1.